The normalized spacial score (nSPS) is 19.1. The van der Waals surface area contributed by atoms with Crippen LogP contribution in [0.25, 0.3) is 0 Å². The summed E-state index contributed by atoms with van der Waals surface area (Å²) < 4.78 is 5.95. The lowest BCUT2D eigenvalue weighted by atomic mass is 9.91. The van der Waals surface area contributed by atoms with E-state index >= 15 is 0 Å². The van der Waals surface area contributed by atoms with Crippen molar-refractivity contribution in [2.24, 2.45) is 5.73 Å². The highest BCUT2D eigenvalue weighted by Gasteiger charge is 2.24. The molecule has 2 unspecified atom stereocenters. The van der Waals surface area contributed by atoms with Gasteiger partial charge in [0.05, 0.1) is 24.1 Å². The van der Waals surface area contributed by atoms with E-state index in [4.69, 9.17) is 10.5 Å². The Bertz CT molecular complexity index is 642. The maximum Gasteiger partial charge on any atom is 0.0845 e. The maximum atomic E-state index is 6.40. The van der Waals surface area contributed by atoms with Crippen molar-refractivity contribution in [2.45, 2.75) is 38.8 Å². The van der Waals surface area contributed by atoms with Crippen molar-refractivity contribution < 1.29 is 4.74 Å². The Morgan fingerprint density at radius 2 is 2.10 bits per heavy atom. The van der Waals surface area contributed by atoms with E-state index in [0.29, 0.717) is 0 Å². The number of aromatic nitrogens is 2. The Morgan fingerprint density at radius 3 is 2.95 bits per heavy atom. The number of rotatable bonds is 3. The minimum atomic E-state index is -0.0876. The molecule has 110 valence electrons. The van der Waals surface area contributed by atoms with Crippen LogP contribution >= 0.6 is 0 Å². The number of hydrogen-bond donors (Lipinski definition) is 1. The van der Waals surface area contributed by atoms with Crippen molar-refractivity contribution in [1.82, 2.24) is 10.2 Å². The third-order valence-corrected chi connectivity index (χ3v) is 4.10. The van der Waals surface area contributed by atoms with Crippen molar-refractivity contribution >= 4 is 0 Å². The second-order valence-electron chi connectivity index (χ2n) is 5.68. The molecule has 2 heterocycles. The van der Waals surface area contributed by atoms with E-state index in [1.54, 1.807) is 0 Å². The van der Waals surface area contributed by atoms with E-state index in [1.807, 2.05) is 19.9 Å². The van der Waals surface area contributed by atoms with Gasteiger partial charge in [-0.1, -0.05) is 24.3 Å². The molecule has 1 aliphatic heterocycles. The van der Waals surface area contributed by atoms with Crippen LogP contribution in [0.5, 0.6) is 0 Å². The average Bonchev–Trinajstić information content (AvgIpc) is 2.50. The predicted molar refractivity (Wildman–Crippen MR) is 81.9 cm³/mol. The number of ether oxygens (including phenoxy) is 1. The fourth-order valence-corrected chi connectivity index (χ4v) is 2.97. The second-order valence-corrected chi connectivity index (χ2v) is 5.68. The summed E-state index contributed by atoms with van der Waals surface area (Å²) in [5.74, 6) is 0. The minimum Gasteiger partial charge on any atom is -0.373 e. The lowest BCUT2D eigenvalue weighted by Gasteiger charge is -2.28. The van der Waals surface area contributed by atoms with Crippen LogP contribution in [0.3, 0.4) is 0 Å². The van der Waals surface area contributed by atoms with Crippen molar-refractivity contribution in [3.05, 3.63) is 58.4 Å². The number of nitrogens with two attached hydrogens (primary N) is 1. The molecule has 0 aliphatic carbocycles. The smallest absolute Gasteiger partial charge is 0.0845 e. The van der Waals surface area contributed by atoms with Gasteiger partial charge < -0.3 is 10.5 Å². The largest absolute Gasteiger partial charge is 0.373 e. The molecule has 0 amide bonds. The van der Waals surface area contributed by atoms with Gasteiger partial charge >= 0.3 is 0 Å². The standard InChI is InChI=1S/C17H21N3O/c1-11-9-15(12(2)20-19-11)16(18)10-17-14-6-4-3-5-13(14)7-8-21-17/h3-6,9,16-17H,7-8,10,18H2,1-2H3. The predicted octanol–water partition coefficient (Wildman–Crippen LogP) is 2.80. The molecule has 0 fully saturated rings. The van der Waals surface area contributed by atoms with Crippen LogP contribution in [0.15, 0.2) is 30.3 Å². The van der Waals surface area contributed by atoms with Crippen molar-refractivity contribution in [2.75, 3.05) is 6.61 Å². The zero-order chi connectivity index (χ0) is 14.8. The highest BCUT2D eigenvalue weighted by Crippen LogP contribution is 2.33. The number of hydrogen-bond acceptors (Lipinski definition) is 4. The number of fused-ring (bicyclic) bond motifs is 1. The van der Waals surface area contributed by atoms with Gasteiger partial charge in [-0.2, -0.15) is 10.2 Å². The molecule has 2 aromatic rings. The number of benzene rings is 1. The van der Waals surface area contributed by atoms with Crippen molar-refractivity contribution in [3.63, 3.8) is 0 Å². The van der Waals surface area contributed by atoms with Gasteiger partial charge in [0.2, 0.25) is 0 Å². The fraction of sp³-hybridized carbons (Fsp3) is 0.412. The van der Waals surface area contributed by atoms with Crippen LogP contribution < -0.4 is 5.73 Å². The SMILES string of the molecule is Cc1cc(C(N)CC2OCCc3ccccc32)c(C)nn1. The molecule has 1 aromatic heterocycles. The topological polar surface area (TPSA) is 61.0 Å². The van der Waals surface area contributed by atoms with Gasteiger partial charge in [0.25, 0.3) is 0 Å². The van der Waals surface area contributed by atoms with Crippen LogP contribution in [0, 0.1) is 13.8 Å². The summed E-state index contributed by atoms with van der Waals surface area (Å²) >= 11 is 0. The molecule has 0 spiro atoms. The first-order valence-corrected chi connectivity index (χ1v) is 7.41. The van der Waals surface area contributed by atoms with E-state index < -0.39 is 0 Å². The molecule has 1 aromatic carbocycles. The molecule has 4 heteroatoms. The molecule has 2 N–H and O–H groups in total. The zero-order valence-electron chi connectivity index (χ0n) is 12.5. The molecular formula is C17H21N3O. The van der Waals surface area contributed by atoms with E-state index in [-0.39, 0.29) is 12.1 Å². The molecule has 4 nitrogen and oxygen atoms in total. The Morgan fingerprint density at radius 1 is 1.29 bits per heavy atom. The molecule has 1 aliphatic rings. The van der Waals surface area contributed by atoms with Gasteiger partial charge in [0.1, 0.15) is 0 Å². The molecule has 0 saturated carbocycles. The summed E-state index contributed by atoms with van der Waals surface area (Å²) in [6, 6.07) is 10.4. The Kier molecular flexibility index (Phi) is 3.99. The monoisotopic (exact) mass is 283 g/mol. The summed E-state index contributed by atoms with van der Waals surface area (Å²) in [6.45, 7) is 4.66. The Labute approximate surface area is 125 Å². The first-order chi connectivity index (χ1) is 10.1. The van der Waals surface area contributed by atoms with Crippen LogP contribution in [-0.4, -0.2) is 16.8 Å². The quantitative estimate of drug-likeness (QED) is 0.941. The second kappa shape index (κ2) is 5.92. The fourth-order valence-electron chi connectivity index (χ4n) is 2.97. The molecule has 21 heavy (non-hydrogen) atoms. The molecule has 0 bridgehead atoms. The number of aryl methyl sites for hydroxylation is 2. The van der Waals surface area contributed by atoms with Crippen molar-refractivity contribution in [3.8, 4) is 0 Å². The lowest BCUT2D eigenvalue weighted by Crippen LogP contribution is -2.22. The van der Waals surface area contributed by atoms with E-state index in [0.717, 1.165) is 36.4 Å². The highest BCUT2D eigenvalue weighted by molar-refractivity contribution is 5.32. The van der Waals surface area contributed by atoms with Crippen molar-refractivity contribution in [1.29, 1.82) is 0 Å². The van der Waals surface area contributed by atoms with Gasteiger partial charge in [-0.05, 0) is 49.4 Å². The first kappa shape index (κ1) is 14.2. The maximum absolute atomic E-state index is 6.40. The lowest BCUT2D eigenvalue weighted by molar-refractivity contribution is 0.0319. The van der Waals surface area contributed by atoms with E-state index in [1.165, 1.54) is 11.1 Å². The van der Waals surface area contributed by atoms with Gasteiger partial charge in [-0.3, -0.25) is 0 Å². The summed E-state index contributed by atoms with van der Waals surface area (Å²) in [4.78, 5) is 0. The molecule has 0 radical (unpaired) electrons. The average molecular weight is 283 g/mol. The van der Waals surface area contributed by atoms with Crippen LogP contribution in [0.2, 0.25) is 0 Å². The molecular weight excluding hydrogens is 262 g/mol. The van der Waals surface area contributed by atoms with Gasteiger partial charge in [-0.25, -0.2) is 0 Å². The van der Waals surface area contributed by atoms with Gasteiger partial charge in [0, 0.05) is 6.04 Å². The summed E-state index contributed by atoms with van der Waals surface area (Å²) in [7, 11) is 0. The van der Waals surface area contributed by atoms with E-state index in [9.17, 15) is 0 Å². The zero-order valence-corrected chi connectivity index (χ0v) is 12.5. The molecule has 3 rings (SSSR count). The minimum absolute atomic E-state index is 0.0674. The van der Waals surface area contributed by atoms with Gasteiger partial charge in [0.15, 0.2) is 0 Å². The summed E-state index contributed by atoms with van der Waals surface area (Å²) in [6.07, 6.45) is 1.82. The number of nitrogens with zero attached hydrogens (tertiary/aromatic N) is 2. The van der Waals surface area contributed by atoms with Crippen LogP contribution in [0.4, 0.5) is 0 Å². The summed E-state index contributed by atoms with van der Waals surface area (Å²) in [5, 5.41) is 8.23. The van der Waals surface area contributed by atoms with E-state index in [2.05, 4.69) is 34.5 Å². The Balaban J connectivity index is 1.82. The Hall–Kier alpha value is -1.78. The van der Waals surface area contributed by atoms with Gasteiger partial charge in [-0.15, -0.1) is 0 Å². The highest BCUT2D eigenvalue weighted by atomic mass is 16.5. The third kappa shape index (κ3) is 2.96. The third-order valence-electron chi connectivity index (χ3n) is 4.10. The first-order valence-electron chi connectivity index (χ1n) is 7.41. The molecule has 2 atom stereocenters. The molecule has 0 saturated heterocycles. The van der Waals surface area contributed by atoms with Crippen LogP contribution in [0.1, 0.15) is 46.6 Å². The van der Waals surface area contributed by atoms with Crippen LogP contribution in [-0.2, 0) is 11.2 Å². The summed E-state index contributed by atoms with van der Waals surface area (Å²) in [5.41, 5.74) is 11.9.